The van der Waals surface area contributed by atoms with Gasteiger partial charge in [-0.3, -0.25) is 9.88 Å². The number of aryl methyl sites for hydroxylation is 1. The lowest BCUT2D eigenvalue weighted by Gasteiger charge is -2.59. The molecule has 2 heterocycles. The quantitative estimate of drug-likeness (QED) is 0.0577. The van der Waals surface area contributed by atoms with E-state index < -0.39 is 23.8 Å². The number of methoxy groups -OCH3 is 1. The lowest BCUT2D eigenvalue weighted by atomic mass is 9.55. The summed E-state index contributed by atoms with van der Waals surface area (Å²) in [6.07, 6.45) is 8.47. The first-order valence-electron chi connectivity index (χ1n) is 20.8. The molecule has 0 bridgehead atoms. The van der Waals surface area contributed by atoms with Crippen molar-refractivity contribution in [1.29, 1.82) is 0 Å². The minimum absolute atomic E-state index is 0.0734. The van der Waals surface area contributed by atoms with Crippen LogP contribution in [-0.2, 0) is 27.5 Å². The van der Waals surface area contributed by atoms with Gasteiger partial charge in [0, 0.05) is 36.8 Å². The van der Waals surface area contributed by atoms with E-state index in [-0.39, 0.29) is 50.5 Å². The van der Waals surface area contributed by atoms with Gasteiger partial charge in [-0.15, -0.1) is 6.58 Å². The molecule has 2 aliphatic carbocycles. The molecule has 6 unspecified atom stereocenters. The monoisotopic (exact) mass is 803 g/mol. The third kappa shape index (κ3) is 8.74. The highest BCUT2D eigenvalue weighted by molar-refractivity contribution is 6.03. The molecule has 11 nitrogen and oxygen atoms in total. The van der Waals surface area contributed by atoms with Crippen LogP contribution < -0.4 is 9.47 Å². The summed E-state index contributed by atoms with van der Waals surface area (Å²) in [7, 11) is 2.94. The lowest BCUT2D eigenvalue weighted by Crippen LogP contribution is -2.70. The number of hydrogen-bond donors (Lipinski definition) is 2. The molecule has 1 aromatic heterocycles. The lowest BCUT2D eigenvalue weighted by molar-refractivity contribution is -0.256. The molecule has 4 aromatic rings. The Bertz CT molecular complexity index is 2150. The minimum Gasteiger partial charge on any atom is -0.487 e. The summed E-state index contributed by atoms with van der Waals surface area (Å²) in [5, 5.41) is 26.6. The van der Waals surface area contributed by atoms with Crippen molar-refractivity contribution < 1.29 is 38.8 Å². The largest absolute Gasteiger partial charge is 0.487 e. The Hall–Kier alpha value is -5.23. The fourth-order valence-electron chi connectivity index (χ4n) is 9.72. The van der Waals surface area contributed by atoms with Crippen molar-refractivity contribution in [3.05, 3.63) is 126 Å². The number of amides is 1. The number of unbranched alkanes of at least 4 members (excludes halogenated alkanes) is 2. The highest BCUT2D eigenvalue weighted by atomic mass is 16.7. The first kappa shape index (κ1) is 41.9. The van der Waals surface area contributed by atoms with Crippen molar-refractivity contribution in [1.82, 2.24) is 9.88 Å². The smallest absolute Gasteiger partial charge is 0.410 e. The number of oxime groups is 1. The summed E-state index contributed by atoms with van der Waals surface area (Å²) in [6, 6.07) is 25.4. The predicted octanol–water partition coefficient (Wildman–Crippen LogP) is 8.65. The third-order valence-corrected chi connectivity index (χ3v) is 12.2. The van der Waals surface area contributed by atoms with Crippen LogP contribution in [0, 0.1) is 24.7 Å². The summed E-state index contributed by atoms with van der Waals surface area (Å²) in [4.78, 5) is 26.3. The SMILES string of the molecule is C=CCOC12Oc3ccc(OCc4cccc(C)n4)cc3C3C(CCCCO)C(CCCCO)C=C(C(=NOC)CC1N(Cc1cccc4ccccc14)C(=O)OC)C32. The maximum absolute atomic E-state index is 14.3. The number of fused-ring (bicyclic) bond motifs is 3. The zero-order chi connectivity index (χ0) is 41.4. The summed E-state index contributed by atoms with van der Waals surface area (Å²) >= 11 is 0. The van der Waals surface area contributed by atoms with Gasteiger partial charge in [0.1, 0.15) is 31.3 Å². The van der Waals surface area contributed by atoms with Gasteiger partial charge in [-0.2, -0.15) is 0 Å². The second-order valence-corrected chi connectivity index (χ2v) is 15.8. The molecular formula is C48H57N3O8. The highest BCUT2D eigenvalue weighted by Gasteiger charge is 2.65. The van der Waals surface area contributed by atoms with Gasteiger partial charge in [0.15, 0.2) is 0 Å². The van der Waals surface area contributed by atoms with Crippen LogP contribution in [-0.4, -0.2) is 77.8 Å². The van der Waals surface area contributed by atoms with Crippen LogP contribution in [0.1, 0.15) is 73.4 Å². The molecular weight excluding hydrogens is 747 g/mol. The average molecular weight is 804 g/mol. The predicted molar refractivity (Wildman–Crippen MR) is 227 cm³/mol. The van der Waals surface area contributed by atoms with Crippen LogP contribution in [0.5, 0.6) is 11.5 Å². The van der Waals surface area contributed by atoms with Gasteiger partial charge in [0.2, 0.25) is 5.79 Å². The molecule has 312 valence electrons. The molecule has 2 N–H and O–H groups in total. The summed E-state index contributed by atoms with van der Waals surface area (Å²) < 4.78 is 26.4. The van der Waals surface area contributed by atoms with E-state index in [0.29, 0.717) is 36.7 Å². The molecule has 3 aliphatic rings. The van der Waals surface area contributed by atoms with Crippen molar-refractivity contribution in [2.24, 2.45) is 22.9 Å². The van der Waals surface area contributed by atoms with Gasteiger partial charge >= 0.3 is 6.09 Å². The van der Waals surface area contributed by atoms with Crippen LogP contribution in [0.4, 0.5) is 4.79 Å². The number of allylic oxidation sites excluding steroid dienone is 1. The van der Waals surface area contributed by atoms with E-state index in [2.05, 4.69) is 41.9 Å². The van der Waals surface area contributed by atoms with E-state index in [9.17, 15) is 15.0 Å². The van der Waals surface area contributed by atoms with Gasteiger partial charge in [-0.05, 0) is 96.7 Å². The molecule has 1 fully saturated rings. The minimum atomic E-state index is -1.41. The van der Waals surface area contributed by atoms with Crippen LogP contribution in [0.3, 0.4) is 0 Å². The number of rotatable bonds is 18. The van der Waals surface area contributed by atoms with Crippen LogP contribution >= 0.6 is 0 Å². The number of aromatic nitrogens is 1. The highest BCUT2D eigenvalue weighted by Crippen LogP contribution is 2.62. The third-order valence-electron chi connectivity index (χ3n) is 12.2. The maximum Gasteiger partial charge on any atom is 0.410 e. The second kappa shape index (κ2) is 19.2. The molecule has 7 rings (SSSR count). The Morgan fingerprint density at radius 3 is 2.54 bits per heavy atom. The van der Waals surface area contributed by atoms with Crippen LogP contribution in [0.15, 0.2) is 108 Å². The van der Waals surface area contributed by atoms with Crippen molar-refractivity contribution in [3.8, 4) is 11.5 Å². The van der Waals surface area contributed by atoms with Gasteiger partial charge in [0.05, 0.1) is 37.6 Å². The number of aliphatic hydroxyl groups excluding tert-OH is 2. The summed E-state index contributed by atoms with van der Waals surface area (Å²) in [5.41, 5.74) is 5.34. The number of aliphatic hydroxyl groups is 2. The zero-order valence-electron chi connectivity index (χ0n) is 34.4. The Balaban J connectivity index is 1.42. The number of carbonyl (C=O) groups excluding carboxylic acids is 1. The number of benzene rings is 3. The fourth-order valence-corrected chi connectivity index (χ4v) is 9.72. The first-order valence-corrected chi connectivity index (χ1v) is 20.8. The zero-order valence-corrected chi connectivity index (χ0v) is 34.4. The molecule has 1 amide bonds. The first-order chi connectivity index (χ1) is 28.8. The Morgan fingerprint density at radius 1 is 1.00 bits per heavy atom. The summed E-state index contributed by atoms with van der Waals surface area (Å²) in [6.45, 7) is 6.89. The number of hydrogen-bond acceptors (Lipinski definition) is 10. The molecule has 6 atom stereocenters. The summed E-state index contributed by atoms with van der Waals surface area (Å²) in [5.74, 6) is -0.556. The van der Waals surface area contributed by atoms with Crippen molar-refractivity contribution in [2.75, 3.05) is 34.0 Å². The number of pyridine rings is 1. The normalized spacial score (nSPS) is 23.7. The van der Waals surface area contributed by atoms with Crippen molar-refractivity contribution in [3.63, 3.8) is 0 Å². The molecule has 0 radical (unpaired) electrons. The van der Waals surface area contributed by atoms with Gasteiger partial charge in [0.25, 0.3) is 0 Å². The van der Waals surface area contributed by atoms with Gasteiger partial charge in [-0.1, -0.05) is 78.7 Å². The Kier molecular flexibility index (Phi) is 13.7. The number of ether oxygens (including phenoxy) is 4. The Morgan fingerprint density at radius 2 is 1.78 bits per heavy atom. The van der Waals surface area contributed by atoms with Gasteiger partial charge in [-0.25, -0.2) is 4.79 Å². The van der Waals surface area contributed by atoms with E-state index in [0.717, 1.165) is 64.5 Å². The van der Waals surface area contributed by atoms with Crippen molar-refractivity contribution in [2.45, 2.75) is 82.8 Å². The van der Waals surface area contributed by atoms with Crippen LogP contribution in [0.2, 0.25) is 0 Å². The maximum atomic E-state index is 14.3. The topological polar surface area (TPSA) is 132 Å². The molecule has 0 spiro atoms. The van der Waals surface area contributed by atoms with E-state index >= 15 is 0 Å². The van der Waals surface area contributed by atoms with Gasteiger partial charge < -0.3 is 34.0 Å². The van der Waals surface area contributed by atoms with E-state index in [1.165, 1.54) is 7.11 Å². The Labute approximate surface area is 347 Å². The fraction of sp³-hybridized carbons (Fsp3) is 0.438. The molecule has 59 heavy (non-hydrogen) atoms. The molecule has 11 heteroatoms. The van der Waals surface area contributed by atoms with E-state index in [1.807, 2.05) is 61.5 Å². The van der Waals surface area contributed by atoms with E-state index in [1.54, 1.807) is 18.1 Å². The standard InChI is InChI=1S/C48H57N3O8/c1-5-26-58-48-44(51(47(54)55-3)30-35-18-13-17-33-15-6-7-20-38(33)35)29-42(50-56-4)40-27-34(16-8-10-24-52)39(21-9-11-25-53)45(46(40)48)41-28-37(22-23-43(41)59-48)57-31-36-19-12-14-32(2)49-36/h5-7,12-15,17-20,22-23,27-28,34,39,44-46,52-53H,1,8-11,16,21,24-26,29-31H2,2-4H3. The number of carbonyl (C=O) groups is 1. The van der Waals surface area contributed by atoms with Crippen LogP contribution in [0.25, 0.3) is 10.8 Å². The molecule has 3 aromatic carbocycles. The molecule has 1 aliphatic heterocycles. The average Bonchev–Trinajstić information content (AvgIpc) is 3.25. The van der Waals surface area contributed by atoms with E-state index in [4.69, 9.17) is 28.9 Å². The van der Waals surface area contributed by atoms with Crippen molar-refractivity contribution >= 4 is 22.6 Å². The molecule has 1 saturated carbocycles. The number of nitrogens with zero attached hydrogens (tertiary/aromatic N) is 3. The molecule has 0 saturated heterocycles. The second-order valence-electron chi connectivity index (χ2n) is 15.8.